The molecular formula is C29H38N2O5. The summed E-state index contributed by atoms with van der Waals surface area (Å²) in [6.45, 7) is 9.49. The average Bonchev–Trinajstić information content (AvgIpc) is 2.84. The Bertz CT molecular complexity index is 1050. The second-order valence-electron chi connectivity index (χ2n) is 10.2. The maximum absolute atomic E-state index is 13.7. The number of carbonyl (C=O) groups excluding carboxylic acids is 3. The predicted molar refractivity (Wildman–Crippen MR) is 138 cm³/mol. The van der Waals surface area contributed by atoms with Crippen molar-refractivity contribution >= 4 is 17.8 Å². The summed E-state index contributed by atoms with van der Waals surface area (Å²) in [6.07, 6.45) is 1.54. The van der Waals surface area contributed by atoms with Crippen molar-refractivity contribution in [1.29, 1.82) is 0 Å². The largest absolute Gasteiger partial charge is 0.465 e. The molecule has 1 heterocycles. The molecule has 0 fully saturated rings. The van der Waals surface area contributed by atoms with Crippen LogP contribution in [0, 0.1) is 0 Å². The van der Waals surface area contributed by atoms with Gasteiger partial charge in [0.15, 0.2) is 0 Å². The first-order valence-electron chi connectivity index (χ1n) is 12.7. The van der Waals surface area contributed by atoms with Crippen molar-refractivity contribution in [2.75, 3.05) is 6.61 Å². The van der Waals surface area contributed by atoms with Crippen LogP contribution in [-0.2, 0) is 43.2 Å². The van der Waals surface area contributed by atoms with E-state index in [-0.39, 0.29) is 18.5 Å². The summed E-state index contributed by atoms with van der Waals surface area (Å²) in [5.41, 5.74) is 2.47. The summed E-state index contributed by atoms with van der Waals surface area (Å²) >= 11 is 0. The second kappa shape index (κ2) is 12.2. The molecule has 1 N–H and O–H groups in total. The Morgan fingerprint density at radius 2 is 1.67 bits per heavy atom. The molecule has 0 bridgehead atoms. The van der Waals surface area contributed by atoms with E-state index in [1.54, 1.807) is 18.7 Å². The Balaban J connectivity index is 1.78. The van der Waals surface area contributed by atoms with E-state index in [9.17, 15) is 14.4 Å². The third-order valence-electron chi connectivity index (χ3n) is 6.17. The summed E-state index contributed by atoms with van der Waals surface area (Å²) < 4.78 is 10.9. The molecule has 0 aromatic heterocycles. The van der Waals surface area contributed by atoms with Crippen molar-refractivity contribution in [3.8, 4) is 0 Å². The predicted octanol–water partition coefficient (Wildman–Crippen LogP) is 3.82. The molecule has 194 valence electrons. The number of nitrogens with one attached hydrogen (secondary N) is 1. The molecule has 0 saturated carbocycles. The van der Waals surface area contributed by atoms with Crippen LogP contribution >= 0.6 is 0 Å². The van der Waals surface area contributed by atoms with E-state index < -0.39 is 29.7 Å². The summed E-state index contributed by atoms with van der Waals surface area (Å²) in [7, 11) is 0. The number of benzene rings is 2. The van der Waals surface area contributed by atoms with E-state index in [4.69, 9.17) is 9.47 Å². The molecule has 2 unspecified atom stereocenters. The zero-order chi connectivity index (χ0) is 26.3. The first-order chi connectivity index (χ1) is 17.1. The highest BCUT2D eigenvalue weighted by Gasteiger charge is 2.39. The Morgan fingerprint density at radius 3 is 2.31 bits per heavy atom. The van der Waals surface area contributed by atoms with Crippen LogP contribution in [-0.4, -0.2) is 53.1 Å². The fourth-order valence-electron chi connectivity index (χ4n) is 4.42. The van der Waals surface area contributed by atoms with Gasteiger partial charge in [0.05, 0.1) is 12.6 Å². The number of carbonyl (C=O) groups is 3. The highest BCUT2D eigenvalue weighted by Crippen LogP contribution is 2.26. The van der Waals surface area contributed by atoms with Crippen LogP contribution in [0.1, 0.15) is 57.7 Å². The molecule has 3 rings (SSSR count). The van der Waals surface area contributed by atoms with Gasteiger partial charge in [0, 0.05) is 13.0 Å². The van der Waals surface area contributed by atoms with Gasteiger partial charge in [-0.1, -0.05) is 54.6 Å². The molecule has 2 aromatic carbocycles. The molecule has 0 saturated heterocycles. The Hall–Kier alpha value is -3.19. The lowest BCUT2D eigenvalue weighted by Gasteiger charge is -2.38. The fourth-order valence-corrected chi connectivity index (χ4v) is 4.42. The van der Waals surface area contributed by atoms with Gasteiger partial charge >= 0.3 is 11.9 Å². The SMILES string of the molecule is CCOC(=O)C(CCc1ccccc1)NC(C)C(=O)N1Cc2ccccc2C[C@H]1C(=O)OC(C)(C)C. The number of hydrogen-bond acceptors (Lipinski definition) is 6. The molecule has 0 radical (unpaired) electrons. The monoisotopic (exact) mass is 494 g/mol. The molecule has 1 aliphatic heterocycles. The van der Waals surface area contributed by atoms with Gasteiger partial charge in [-0.25, -0.2) is 4.79 Å². The van der Waals surface area contributed by atoms with Gasteiger partial charge in [0.1, 0.15) is 17.7 Å². The van der Waals surface area contributed by atoms with Crippen LogP contribution in [0.15, 0.2) is 54.6 Å². The van der Waals surface area contributed by atoms with E-state index in [0.717, 1.165) is 16.7 Å². The van der Waals surface area contributed by atoms with Crippen LogP contribution in [0.4, 0.5) is 0 Å². The minimum atomic E-state index is -0.735. The van der Waals surface area contributed by atoms with E-state index in [1.165, 1.54) is 0 Å². The Morgan fingerprint density at radius 1 is 1.03 bits per heavy atom. The molecule has 7 nitrogen and oxygen atoms in total. The molecule has 0 aliphatic carbocycles. The zero-order valence-electron chi connectivity index (χ0n) is 22.0. The molecule has 3 atom stereocenters. The van der Waals surface area contributed by atoms with E-state index in [1.807, 2.05) is 75.4 Å². The van der Waals surface area contributed by atoms with Gasteiger partial charge in [-0.15, -0.1) is 0 Å². The summed E-state index contributed by atoms with van der Waals surface area (Å²) in [5.74, 6) is -1.07. The van der Waals surface area contributed by atoms with Crippen molar-refractivity contribution in [2.24, 2.45) is 0 Å². The van der Waals surface area contributed by atoms with Crippen LogP contribution in [0.25, 0.3) is 0 Å². The van der Waals surface area contributed by atoms with Gasteiger partial charge in [-0.2, -0.15) is 0 Å². The minimum Gasteiger partial charge on any atom is -0.465 e. The number of aryl methyl sites for hydroxylation is 1. The zero-order valence-corrected chi connectivity index (χ0v) is 22.0. The van der Waals surface area contributed by atoms with Gasteiger partial charge in [-0.05, 0) is 64.2 Å². The molecule has 1 aliphatic rings. The quantitative estimate of drug-likeness (QED) is 0.534. The lowest BCUT2D eigenvalue weighted by atomic mass is 9.93. The van der Waals surface area contributed by atoms with E-state index in [0.29, 0.717) is 25.8 Å². The standard InChI is InChI=1S/C29H38N2O5/c1-6-35-27(33)24(17-16-21-12-8-7-9-13-21)30-20(2)26(32)31-19-23-15-11-10-14-22(23)18-25(31)28(34)36-29(3,4)5/h7-15,20,24-25,30H,6,16-19H2,1-5H3/t20?,24?,25-/m0/s1. The van der Waals surface area contributed by atoms with Crippen molar-refractivity contribution in [1.82, 2.24) is 10.2 Å². The van der Waals surface area contributed by atoms with Crippen molar-refractivity contribution < 1.29 is 23.9 Å². The Kier molecular flexibility index (Phi) is 9.26. The first kappa shape index (κ1) is 27.4. The molecule has 36 heavy (non-hydrogen) atoms. The van der Waals surface area contributed by atoms with E-state index in [2.05, 4.69) is 5.32 Å². The fraction of sp³-hybridized carbons (Fsp3) is 0.483. The first-order valence-corrected chi connectivity index (χ1v) is 12.7. The van der Waals surface area contributed by atoms with Gasteiger partial charge in [0.25, 0.3) is 0 Å². The maximum Gasteiger partial charge on any atom is 0.329 e. The maximum atomic E-state index is 13.7. The Labute approximate surface area is 214 Å². The van der Waals surface area contributed by atoms with Crippen molar-refractivity contribution in [2.45, 2.75) is 84.2 Å². The van der Waals surface area contributed by atoms with Gasteiger partial charge in [-0.3, -0.25) is 14.9 Å². The summed E-state index contributed by atoms with van der Waals surface area (Å²) in [5, 5.41) is 3.18. The number of ether oxygens (including phenoxy) is 2. The van der Waals surface area contributed by atoms with Crippen LogP contribution in [0.2, 0.25) is 0 Å². The number of fused-ring (bicyclic) bond motifs is 1. The van der Waals surface area contributed by atoms with Crippen molar-refractivity contribution in [3.05, 3.63) is 71.3 Å². The normalized spacial score (nSPS) is 17.0. The van der Waals surface area contributed by atoms with Crippen LogP contribution in [0.5, 0.6) is 0 Å². The molecular weight excluding hydrogens is 456 g/mol. The lowest BCUT2D eigenvalue weighted by molar-refractivity contribution is -0.166. The number of amides is 1. The van der Waals surface area contributed by atoms with Crippen LogP contribution in [0.3, 0.4) is 0 Å². The molecule has 7 heteroatoms. The molecule has 1 amide bonds. The molecule has 2 aromatic rings. The highest BCUT2D eigenvalue weighted by molar-refractivity contribution is 5.89. The number of nitrogens with zero attached hydrogens (tertiary/aromatic N) is 1. The summed E-state index contributed by atoms with van der Waals surface area (Å²) in [4.78, 5) is 41.1. The average molecular weight is 495 g/mol. The minimum absolute atomic E-state index is 0.255. The lowest BCUT2D eigenvalue weighted by Crippen LogP contribution is -2.57. The van der Waals surface area contributed by atoms with Crippen molar-refractivity contribution in [3.63, 3.8) is 0 Å². The second-order valence-corrected chi connectivity index (χ2v) is 10.2. The third-order valence-corrected chi connectivity index (χ3v) is 6.17. The van der Waals surface area contributed by atoms with Crippen LogP contribution < -0.4 is 5.32 Å². The third kappa shape index (κ3) is 7.40. The number of hydrogen-bond donors (Lipinski definition) is 1. The highest BCUT2D eigenvalue weighted by atomic mass is 16.6. The van der Waals surface area contributed by atoms with E-state index >= 15 is 0 Å². The summed E-state index contributed by atoms with van der Waals surface area (Å²) in [6, 6.07) is 15.6. The number of esters is 2. The topological polar surface area (TPSA) is 84.9 Å². The number of rotatable bonds is 9. The van der Waals surface area contributed by atoms with Gasteiger partial charge in [0.2, 0.25) is 5.91 Å². The van der Waals surface area contributed by atoms with Gasteiger partial charge < -0.3 is 14.4 Å². The smallest absolute Gasteiger partial charge is 0.329 e. The molecule has 0 spiro atoms.